The highest BCUT2D eigenvalue weighted by atomic mass is 16.6. The summed E-state index contributed by atoms with van der Waals surface area (Å²) in [6.45, 7) is 7.73. The van der Waals surface area contributed by atoms with Gasteiger partial charge in [-0.2, -0.15) is 0 Å². The van der Waals surface area contributed by atoms with Gasteiger partial charge < -0.3 is 33.3 Å². The van der Waals surface area contributed by atoms with Crippen molar-refractivity contribution in [2.75, 3.05) is 59.3 Å². The Bertz CT molecular complexity index is 859. The Balaban J connectivity index is 1.71. The molecule has 204 valence electrons. The highest BCUT2D eigenvalue weighted by Crippen LogP contribution is 2.28. The molecule has 0 bridgehead atoms. The summed E-state index contributed by atoms with van der Waals surface area (Å²) >= 11 is 0. The molecule has 0 aromatic heterocycles. The predicted octanol–water partition coefficient (Wildman–Crippen LogP) is 4.75. The van der Waals surface area contributed by atoms with Crippen molar-refractivity contribution >= 4 is 5.91 Å². The zero-order valence-corrected chi connectivity index (χ0v) is 22.2. The molecule has 37 heavy (non-hydrogen) atoms. The lowest BCUT2D eigenvalue weighted by Gasteiger charge is -2.25. The second-order valence-electron chi connectivity index (χ2n) is 8.85. The van der Waals surface area contributed by atoms with Gasteiger partial charge in [0, 0.05) is 13.1 Å². The van der Waals surface area contributed by atoms with Crippen LogP contribution in [0.3, 0.4) is 0 Å². The first-order valence-electron chi connectivity index (χ1n) is 13.4. The van der Waals surface area contributed by atoms with Crippen molar-refractivity contribution in [1.82, 2.24) is 4.90 Å². The number of unbranched alkanes of at least 4 members (excludes halogenated alkanes) is 2. The molecule has 2 aromatic rings. The van der Waals surface area contributed by atoms with Gasteiger partial charge in [0.05, 0.1) is 13.2 Å². The molecule has 1 heterocycles. The van der Waals surface area contributed by atoms with Crippen LogP contribution in [0.1, 0.15) is 39.5 Å². The quantitative estimate of drug-likeness (QED) is 0.477. The molecule has 1 aliphatic heterocycles. The van der Waals surface area contributed by atoms with E-state index in [2.05, 4.69) is 13.8 Å². The van der Waals surface area contributed by atoms with E-state index in [4.69, 9.17) is 28.4 Å². The largest absolute Gasteiger partial charge is 0.487 e. The smallest absolute Gasteiger partial charge is 0.248 e. The van der Waals surface area contributed by atoms with Gasteiger partial charge in [-0.1, -0.05) is 51.0 Å². The Morgan fingerprint density at radius 3 is 1.68 bits per heavy atom. The maximum Gasteiger partial charge on any atom is 0.248 e. The number of hydrogen-bond donors (Lipinski definition) is 0. The van der Waals surface area contributed by atoms with E-state index in [9.17, 15) is 4.79 Å². The zero-order chi connectivity index (χ0) is 26.1. The third-order valence-corrected chi connectivity index (χ3v) is 5.88. The van der Waals surface area contributed by atoms with E-state index in [0.29, 0.717) is 49.4 Å². The lowest BCUT2D eigenvalue weighted by molar-refractivity contribution is -0.139. The van der Waals surface area contributed by atoms with Crippen LogP contribution in [-0.2, 0) is 14.3 Å². The number of ether oxygens (including phenoxy) is 6. The van der Waals surface area contributed by atoms with E-state index < -0.39 is 6.10 Å². The van der Waals surface area contributed by atoms with Crippen molar-refractivity contribution in [2.45, 2.75) is 45.6 Å². The van der Waals surface area contributed by atoms with Crippen LogP contribution in [-0.4, -0.2) is 76.2 Å². The molecule has 0 unspecified atom stereocenters. The number of nitrogens with zero attached hydrogens (tertiary/aromatic N) is 1. The third-order valence-electron chi connectivity index (χ3n) is 5.88. The normalized spacial score (nSPS) is 15.2. The Hall–Kier alpha value is -2.97. The first kappa shape index (κ1) is 28.6. The summed E-state index contributed by atoms with van der Waals surface area (Å²) in [6.07, 6.45) is 3.54. The minimum absolute atomic E-state index is 0.0125. The molecule has 0 radical (unpaired) electrons. The first-order chi connectivity index (χ1) is 18.2. The van der Waals surface area contributed by atoms with E-state index in [1.165, 1.54) is 0 Å². The van der Waals surface area contributed by atoms with Crippen LogP contribution in [0, 0.1) is 0 Å². The molecule has 0 spiro atoms. The molecular formula is C29H41NO7. The highest BCUT2D eigenvalue weighted by molar-refractivity contribution is 5.77. The zero-order valence-electron chi connectivity index (χ0n) is 22.2. The average Bonchev–Trinajstić information content (AvgIpc) is 2.92. The summed E-state index contributed by atoms with van der Waals surface area (Å²) in [7, 11) is 0. The van der Waals surface area contributed by atoms with Gasteiger partial charge in [-0.25, -0.2) is 0 Å². The fraction of sp³-hybridized carbons (Fsp3) is 0.552. The van der Waals surface area contributed by atoms with Gasteiger partial charge in [0.15, 0.2) is 23.0 Å². The Kier molecular flexibility index (Phi) is 12.9. The predicted molar refractivity (Wildman–Crippen MR) is 142 cm³/mol. The molecule has 1 amide bonds. The van der Waals surface area contributed by atoms with E-state index in [0.717, 1.165) is 38.8 Å². The molecule has 2 aromatic carbocycles. The van der Waals surface area contributed by atoms with Crippen molar-refractivity contribution in [3.63, 3.8) is 0 Å². The maximum atomic E-state index is 13.0. The van der Waals surface area contributed by atoms with Crippen molar-refractivity contribution in [3.05, 3.63) is 48.5 Å². The lowest BCUT2D eigenvalue weighted by Crippen LogP contribution is -2.38. The van der Waals surface area contributed by atoms with Crippen LogP contribution in [0.15, 0.2) is 48.5 Å². The molecule has 0 fully saturated rings. The summed E-state index contributed by atoms with van der Waals surface area (Å²) in [5.41, 5.74) is 0. The number of rotatable bonds is 9. The molecule has 3 rings (SSSR count). The van der Waals surface area contributed by atoms with Gasteiger partial charge in [-0.3, -0.25) is 4.79 Å². The molecule has 0 atom stereocenters. The number of benzene rings is 2. The van der Waals surface area contributed by atoms with Gasteiger partial charge in [0.1, 0.15) is 39.1 Å². The second kappa shape index (κ2) is 16.7. The number of para-hydroxylation sites is 4. The van der Waals surface area contributed by atoms with Crippen LogP contribution in [0.2, 0.25) is 0 Å². The van der Waals surface area contributed by atoms with Crippen LogP contribution in [0.25, 0.3) is 0 Å². The standard InChI is InChI=1S/C29H41NO7/c1-3-5-15-30(16-6-4-2)29(31)23-35-24-21-36-27-13-9-7-11-25(27)33-19-17-32-18-20-34-26-12-8-10-14-28(26)37-22-24/h7-14,24H,3-6,15-23H2,1-2H3. The van der Waals surface area contributed by atoms with Crippen LogP contribution in [0.4, 0.5) is 0 Å². The molecule has 0 saturated carbocycles. The number of carbonyl (C=O) groups is 1. The summed E-state index contributed by atoms with van der Waals surface area (Å²) in [4.78, 5) is 14.9. The number of hydrogen-bond acceptors (Lipinski definition) is 7. The number of carbonyl (C=O) groups excluding carboxylic acids is 1. The van der Waals surface area contributed by atoms with E-state index in [1.807, 2.05) is 53.4 Å². The van der Waals surface area contributed by atoms with Crippen LogP contribution < -0.4 is 18.9 Å². The molecular weight excluding hydrogens is 474 g/mol. The highest BCUT2D eigenvalue weighted by Gasteiger charge is 2.19. The van der Waals surface area contributed by atoms with Crippen molar-refractivity contribution in [3.8, 4) is 23.0 Å². The van der Waals surface area contributed by atoms with E-state index >= 15 is 0 Å². The summed E-state index contributed by atoms with van der Waals surface area (Å²) in [5, 5.41) is 0. The molecule has 8 nitrogen and oxygen atoms in total. The first-order valence-corrected chi connectivity index (χ1v) is 13.4. The molecule has 0 aliphatic carbocycles. The number of fused-ring (bicyclic) bond motifs is 2. The van der Waals surface area contributed by atoms with Gasteiger partial charge >= 0.3 is 0 Å². The molecule has 0 saturated heterocycles. The summed E-state index contributed by atoms with van der Waals surface area (Å²) in [5.74, 6) is 2.44. The maximum absolute atomic E-state index is 13.0. The minimum Gasteiger partial charge on any atom is -0.487 e. The van der Waals surface area contributed by atoms with Gasteiger partial charge in [0.2, 0.25) is 5.91 Å². The fourth-order valence-electron chi connectivity index (χ4n) is 3.75. The minimum atomic E-state index is -0.486. The Morgan fingerprint density at radius 1 is 0.757 bits per heavy atom. The fourth-order valence-corrected chi connectivity index (χ4v) is 3.75. The van der Waals surface area contributed by atoms with Gasteiger partial charge in [0.25, 0.3) is 0 Å². The van der Waals surface area contributed by atoms with E-state index in [-0.39, 0.29) is 25.7 Å². The van der Waals surface area contributed by atoms with Gasteiger partial charge in [-0.05, 0) is 37.1 Å². The Morgan fingerprint density at radius 2 is 1.22 bits per heavy atom. The molecule has 1 aliphatic rings. The SMILES string of the molecule is CCCCN(CCCC)C(=O)COC1COc2ccccc2OCCOCCOc2ccccc2OC1. The van der Waals surface area contributed by atoms with Crippen molar-refractivity contribution < 1.29 is 33.2 Å². The van der Waals surface area contributed by atoms with Crippen molar-refractivity contribution in [1.29, 1.82) is 0 Å². The summed E-state index contributed by atoms with van der Waals surface area (Å²) < 4.78 is 35.6. The van der Waals surface area contributed by atoms with Crippen LogP contribution in [0.5, 0.6) is 23.0 Å². The molecule has 0 N–H and O–H groups in total. The average molecular weight is 516 g/mol. The topological polar surface area (TPSA) is 75.7 Å². The van der Waals surface area contributed by atoms with E-state index in [1.54, 1.807) is 0 Å². The summed E-state index contributed by atoms with van der Waals surface area (Å²) in [6, 6.07) is 15.0. The monoisotopic (exact) mass is 515 g/mol. The third kappa shape index (κ3) is 10.1. The molecule has 8 heteroatoms. The number of amides is 1. The Labute approximate surface area is 220 Å². The van der Waals surface area contributed by atoms with Crippen molar-refractivity contribution in [2.24, 2.45) is 0 Å². The lowest BCUT2D eigenvalue weighted by atomic mass is 10.2. The van der Waals surface area contributed by atoms with Gasteiger partial charge in [-0.15, -0.1) is 0 Å². The van der Waals surface area contributed by atoms with Crippen LogP contribution >= 0.6 is 0 Å². The second-order valence-corrected chi connectivity index (χ2v) is 8.85.